The maximum atomic E-state index is 8.80. The van der Waals surface area contributed by atoms with Gasteiger partial charge in [-0.05, 0) is 18.7 Å². The Balaban J connectivity index is 2.05. The van der Waals surface area contributed by atoms with Crippen LogP contribution in [0.25, 0.3) is 0 Å². The Hall–Kier alpha value is -2.09. The van der Waals surface area contributed by atoms with Crippen LogP contribution in [-0.2, 0) is 20.1 Å². The lowest BCUT2D eigenvalue weighted by Gasteiger charge is -2.16. The maximum absolute atomic E-state index is 8.80. The summed E-state index contributed by atoms with van der Waals surface area (Å²) in [6.45, 7) is 1.54. The predicted molar refractivity (Wildman–Crippen MR) is 78.8 cm³/mol. The summed E-state index contributed by atoms with van der Waals surface area (Å²) in [5.41, 5.74) is 3.33. The standard InChI is InChI=1S/C16H19N3O/c1-18(11-14-10-17-19(2)12-14)13-16-7-4-3-6-15(16)8-5-9-20/h3-4,6-7,10,12,20H,9,11,13H2,1-2H3. The van der Waals surface area contributed by atoms with Crippen LogP contribution in [0.15, 0.2) is 36.7 Å². The van der Waals surface area contributed by atoms with Crippen LogP contribution in [0.2, 0.25) is 0 Å². The quantitative estimate of drug-likeness (QED) is 0.853. The molecule has 0 aliphatic heterocycles. The number of nitrogens with zero attached hydrogens (tertiary/aromatic N) is 3. The van der Waals surface area contributed by atoms with Gasteiger partial charge in [0.05, 0.1) is 6.20 Å². The summed E-state index contributed by atoms with van der Waals surface area (Å²) >= 11 is 0. The summed E-state index contributed by atoms with van der Waals surface area (Å²) < 4.78 is 1.81. The van der Waals surface area contributed by atoms with Crippen molar-refractivity contribution < 1.29 is 5.11 Å². The minimum Gasteiger partial charge on any atom is -0.384 e. The van der Waals surface area contributed by atoms with Gasteiger partial charge in [0.15, 0.2) is 0 Å². The van der Waals surface area contributed by atoms with E-state index >= 15 is 0 Å². The van der Waals surface area contributed by atoms with Crippen LogP contribution in [0.4, 0.5) is 0 Å². The summed E-state index contributed by atoms with van der Waals surface area (Å²) in [5.74, 6) is 5.70. The lowest BCUT2D eigenvalue weighted by atomic mass is 10.1. The Morgan fingerprint density at radius 3 is 2.80 bits per heavy atom. The molecule has 0 aliphatic carbocycles. The first-order valence-electron chi connectivity index (χ1n) is 6.52. The minimum absolute atomic E-state index is 0.111. The number of aryl methyl sites for hydroxylation is 1. The van der Waals surface area contributed by atoms with Crippen molar-refractivity contribution in [3.05, 3.63) is 53.3 Å². The first kappa shape index (κ1) is 14.3. The van der Waals surface area contributed by atoms with Gasteiger partial charge in [-0.15, -0.1) is 0 Å². The van der Waals surface area contributed by atoms with E-state index in [1.807, 2.05) is 42.3 Å². The molecule has 1 aromatic heterocycles. The number of benzene rings is 1. The highest BCUT2D eigenvalue weighted by Gasteiger charge is 2.06. The van der Waals surface area contributed by atoms with E-state index in [1.165, 1.54) is 11.1 Å². The number of aromatic nitrogens is 2. The molecule has 2 rings (SSSR count). The van der Waals surface area contributed by atoms with Crippen LogP contribution in [0, 0.1) is 11.8 Å². The van der Waals surface area contributed by atoms with Gasteiger partial charge in [0.2, 0.25) is 0 Å². The smallest absolute Gasteiger partial charge is 0.104 e. The highest BCUT2D eigenvalue weighted by molar-refractivity contribution is 5.41. The second-order valence-electron chi connectivity index (χ2n) is 4.81. The van der Waals surface area contributed by atoms with Gasteiger partial charge in [0.1, 0.15) is 6.61 Å². The molecule has 0 bridgehead atoms. The zero-order valence-electron chi connectivity index (χ0n) is 11.9. The number of rotatable bonds is 4. The number of hydrogen-bond donors (Lipinski definition) is 1. The van der Waals surface area contributed by atoms with Gasteiger partial charge in [0.25, 0.3) is 0 Å². The van der Waals surface area contributed by atoms with Crippen molar-refractivity contribution in [3.8, 4) is 11.8 Å². The lowest BCUT2D eigenvalue weighted by molar-refractivity contribution is 0.319. The first-order chi connectivity index (χ1) is 9.69. The van der Waals surface area contributed by atoms with Gasteiger partial charge in [-0.1, -0.05) is 30.0 Å². The SMILES string of the molecule is CN(Cc1cnn(C)c1)Cc1ccccc1C#CCO. The Bertz CT molecular complexity index is 622. The molecule has 104 valence electrons. The van der Waals surface area contributed by atoms with E-state index < -0.39 is 0 Å². The third-order valence-electron chi connectivity index (χ3n) is 2.97. The molecule has 0 saturated carbocycles. The van der Waals surface area contributed by atoms with Crippen LogP contribution in [-0.4, -0.2) is 33.4 Å². The molecule has 0 radical (unpaired) electrons. The Morgan fingerprint density at radius 2 is 2.10 bits per heavy atom. The molecule has 0 fully saturated rings. The largest absolute Gasteiger partial charge is 0.384 e. The molecule has 20 heavy (non-hydrogen) atoms. The minimum atomic E-state index is -0.111. The van der Waals surface area contributed by atoms with E-state index in [4.69, 9.17) is 5.11 Å². The third-order valence-corrected chi connectivity index (χ3v) is 2.97. The van der Waals surface area contributed by atoms with Crippen LogP contribution < -0.4 is 0 Å². The zero-order valence-corrected chi connectivity index (χ0v) is 11.9. The molecule has 0 saturated heterocycles. The number of aliphatic hydroxyl groups excluding tert-OH is 1. The molecule has 1 N–H and O–H groups in total. The molecule has 0 spiro atoms. The number of aliphatic hydroxyl groups is 1. The van der Waals surface area contributed by atoms with Crippen LogP contribution >= 0.6 is 0 Å². The zero-order chi connectivity index (χ0) is 14.4. The Labute approximate surface area is 119 Å². The van der Waals surface area contributed by atoms with Crippen molar-refractivity contribution in [2.24, 2.45) is 7.05 Å². The summed E-state index contributed by atoms with van der Waals surface area (Å²) in [6, 6.07) is 8.03. The van der Waals surface area contributed by atoms with Crippen molar-refractivity contribution in [2.45, 2.75) is 13.1 Å². The van der Waals surface area contributed by atoms with Gasteiger partial charge in [-0.3, -0.25) is 9.58 Å². The summed E-state index contributed by atoms with van der Waals surface area (Å²) in [4.78, 5) is 2.22. The van der Waals surface area contributed by atoms with Crippen molar-refractivity contribution in [1.29, 1.82) is 0 Å². The van der Waals surface area contributed by atoms with Gasteiger partial charge in [-0.2, -0.15) is 5.10 Å². The monoisotopic (exact) mass is 269 g/mol. The number of hydrogen-bond acceptors (Lipinski definition) is 3. The van der Waals surface area contributed by atoms with Crippen molar-refractivity contribution in [3.63, 3.8) is 0 Å². The average molecular weight is 269 g/mol. The molecule has 1 heterocycles. The molecule has 0 atom stereocenters. The van der Waals surface area contributed by atoms with E-state index in [0.29, 0.717) is 0 Å². The lowest BCUT2D eigenvalue weighted by Crippen LogP contribution is -2.17. The summed E-state index contributed by atoms with van der Waals surface area (Å²) in [6.07, 6.45) is 3.90. The van der Waals surface area contributed by atoms with E-state index in [9.17, 15) is 0 Å². The van der Waals surface area contributed by atoms with E-state index in [1.54, 1.807) is 0 Å². The van der Waals surface area contributed by atoms with Crippen molar-refractivity contribution >= 4 is 0 Å². The molecule has 1 aromatic carbocycles. The third kappa shape index (κ3) is 3.95. The fourth-order valence-corrected chi connectivity index (χ4v) is 2.13. The first-order valence-corrected chi connectivity index (χ1v) is 6.52. The predicted octanol–water partition coefficient (Wildman–Crippen LogP) is 1.40. The summed E-state index contributed by atoms with van der Waals surface area (Å²) in [5, 5.41) is 13.0. The molecule has 4 nitrogen and oxygen atoms in total. The highest BCUT2D eigenvalue weighted by Crippen LogP contribution is 2.12. The molecular weight excluding hydrogens is 250 g/mol. The second kappa shape index (κ2) is 6.90. The van der Waals surface area contributed by atoms with Gasteiger partial charge in [-0.25, -0.2) is 0 Å². The highest BCUT2D eigenvalue weighted by atomic mass is 16.2. The van der Waals surface area contributed by atoms with Gasteiger partial charge in [0, 0.05) is 37.5 Å². The normalized spacial score (nSPS) is 10.4. The Kier molecular flexibility index (Phi) is 4.94. The van der Waals surface area contributed by atoms with Crippen molar-refractivity contribution in [1.82, 2.24) is 14.7 Å². The average Bonchev–Trinajstić information content (AvgIpc) is 2.83. The second-order valence-corrected chi connectivity index (χ2v) is 4.81. The molecule has 0 aliphatic rings. The van der Waals surface area contributed by atoms with Crippen LogP contribution in [0.1, 0.15) is 16.7 Å². The topological polar surface area (TPSA) is 41.3 Å². The van der Waals surface area contributed by atoms with E-state index in [2.05, 4.69) is 35.0 Å². The van der Waals surface area contributed by atoms with Crippen LogP contribution in [0.3, 0.4) is 0 Å². The fraction of sp³-hybridized carbons (Fsp3) is 0.312. The van der Waals surface area contributed by atoms with Crippen molar-refractivity contribution in [2.75, 3.05) is 13.7 Å². The fourth-order valence-electron chi connectivity index (χ4n) is 2.13. The van der Waals surface area contributed by atoms with Gasteiger partial charge < -0.3 is 5.11 Å². The van der Waals surface area contributed by atoms with Crippen LogP contribution in [0.5, 0.6) is 0 Å². The molecule has 0 unspecified atom stereocenters. The summed E-state index contributed by atoms with van der Waals surface area (Å²) in [7, 11) is 3.99. The Morgan fingerprint density at radius 1 is 1.30 bits per heavy atom. The van der Waals surface area contributed by atoms with E-state index in [-0.39, 0.29) is 6.61 Å². The molecule has 4 heteroatoms. The maximum Gasteiger partial charge on any atom is 0.104 e. The molecule has 0 amide bonds. The van der Waals surface area contributed by atoms with Gasteiger partial charge >= 0.3 is 0 Å². The molecule has 2 aromatic rings. The molecular formula is C16H19N3O. The van der Waals surface area contributed by atoms with E-state index in [0.717, 1.165) is 18.7 Å².